The van der Waals surface area contributed by atoms with Crippen LogP contribution in [0, 0.1) is 6.92 Å². The van der Waals surface area contributed by atoms with Crippen molar-refractivity contribution in [1.29, 1.82) is 0 Å². The van der Waals surface area contributed by atoms with E-state index < -0.39 is 12.6 Å². The van der Waals surface area contributed by atoms with E-state index in [1.165, 1.54) is 0 Å². The van der Waals surface area contributed by atoms with Crippen LogP contribution in [-0.4, -0.2) is 23.7 Å². The zero-order valence-electron chi connectivity index (χ0n) is 10.7. The smallest absolute Gasteiger partial charge is 0.314 e. The Bertz CT molecular complexity index is 349. The van der Waals surface area contributed by atoms with Crippen LogP contribution in [0.25, 0.3) is 0 Å². The fourth-order valence-electron chi connectivity index (χ4n) is 1.65. The average Bonchev–Trinajstić information content (AvgIpc) is 2.62. The van der Waals surface area contributed by atoms with E-state index in [-0.39, 0.29) is 12.5 Å². The van der Waals surface area contributed by atoms with Gasteiger partial charge in [0.2, 0.25) is 0 Å². The van der Waals surface area contributed by atoms with Gasteiger partial charge in [-0.25, -0.2) is 4.98 Å². The molecule has 0 aliphatic carbocycles. The standard InChI is InChI=1S/C12H19F3N2S/c1-9(4-3-6-12(13,14)15)16-7-5-11-17-10(2)8-18-11/h8-9,16H,3-7H2,1-2H3. The van der Waals surface area contributed by atoms with Gasteiger partial charge in [0, 0.05) is 36.5 Å². The largest absolute Gasteiger partial charge is 0.389 e. The Morgan fingerprint density at radius 3 is 2.72 bits per heavy atom. The summed E-state index contributed by atoms with van der Waals surface area (Å²) in [6, 6.07) is 0.119. The molecule has 104 valence electrons. The van der Waals surface area contributed by atoms with Gasteiger partial charge in [-0.05, 0) is 26.7 Å². The molecule has 0 radical (unpaired) electrons. The topological polar surface area (TPSA) is 24.9 Å². The minimum absolute atomic E-state index is 0.119. The molecule has 0 spiro atoms. The first-order valence-corrected chi connectivity index (χ1v) is 6.96. The highest BCUT2D eigenvalue weighted by atomic mass is 32.1. The maximum Gasteiger partial charge on any atom is 0.389 e. The number of alkyl halides is 3. The van der Waals surface area contributed by atoms with Gasteiger partial charge >= 0.3 is 6.18 Å². The lowest BCUT2D eigenvalue weighted by Crippen LogP contribution is -2.28. The fourth-order valence-corrected chi connectivity index (χ4v) is 2.43. The quantitative estimate of drug-likeness (QED) is 0.823. The lowest BCUT2D eigenvalue weighted by atomic mass is 10.1. The molecule has 0 saturated carbocycles. The predicted molar refractivity (Wildman–Crippen MR) is 67.9 cm³/mol. The van der Waals surface area contributed by atoms with Crippen molar-refractivity contribution in [3.8, 4) is 0 Å². The van der Waals surface area contributed by atoms with Crippen molar-refractivity contribution in [3.05, 3.63) is 16.1 Å². The van der Waals surface area contributed by atoms with E-state index in [1.54, 1.807) is 11.3 Å². The molecule has 2 nitrogen and oxygen atoms in total. The SMILES string of the molecule is Cc1csc(CCNC(C)CCCC(F)(F)F)n1. The molecule has 0 amide bonds. The molecule has 0 aliphatic heterocycles. The van der Waals surface area contributed by atoms with Crippen molar-refractivity contribution in [2.24, 2.45) is 0 Å². The number of hydrogen-bond acceptors (Lipinski definition) is 3. The van der Waals surface area contributed by atoms with Gasteiger partial charge in [0.15, 0.2) is 0 Å². The third-order valence-electron chi connectivity index (χ3n) is 2.60. The monoisotopic (exact) mass is 280 g/mol. The molecular weight excluding hydrogens is 261 g/mol. The third kappa shape index (κ3) is 6.96. The summed E-state index contributed by atoms with van der Waals surface area (Å²) < 4.78 is 35.9. The Morgan fingerprint density at radius 2 is 2.17 bits per heavy atom. The molecule has 0 bridgehead atoms. The van der Waals surface area contributed by atoms with Crippen molar-refractivity contribution >= 4 is 11.3 Å². The van der Waals surface area contributed by atoms with Gasteiger partial charge in [-0.15, -0.1) is 11.3 Å². The van der Waals surface area contributed by atoms with Gasteiger partial charge in [-0.1, -0.05) is 0 Å². The van der Waals surface area contributed by atoms with Crippen molar-refractivity contribution in [1.82, 2.24) is 10.3 Å². The van der Waals surface area contributed by atoms with Crippen LogP contribution in [0.3, 0.4) is 0 Å². The number of hydrogen-bond donors (Lipinski definition) is 1. The van der Waals surface area contributed by atoms with Crippen molar-refractivity contribution in [2.75, 3.05) is 6.54 Å². The summed E-state index contributed by atoms with van der Waals surface area (Å²) in [7, 11) is 0. The van der Waals surface area contributed by atoms with Crippen LogP contribution in [0.15, 0.2) is 5.38 Å². The molecule has 1 aromatic rings. The van der Waals surface area contributed by atoms with Crippen LogP contribution in [-0.2, 0) is 6.42 Å². The molecule has 1 rings (SSSR count). The number of rotatable bonds is 7. The Kier molecular flexibility index (Phi) is 6.08. The minimum atomic E-state index is -4.03. The number of nitrogens with one attached hydrogen (secondary N) is 1. The van der Waals surface area contributed by atoms with Crippen LogP contribution < -0.4 is 5.32 Å². The second-order valence-corrected chi connectivity index (χ2v) is 5.44. The van der Waals surface area contributed by atoms with E-state index in [2.05, 4.69) is 10.3 Å². The van der Waals surface area contributed by atoms with Gasteiger partial charge in [0.1, 0.15) is 0 Å². The molecule has 1 unspecified atom stereocenters. The molecule has 6 heteroatoms. The van der Waals surface area contributed by atoms with Gasteiger partial charge in [0.25, 0.3) is 0 Å². The van der Waals surface area contributed by atoms with Gasteiger partial charge in [0.05, 0.1) is 5.01 Å². The van der Waals surface area contributed by atoms with Crippen molar-refractivity contribution < 1.29 is 13.2 Å². The van der Waals surface area contributed by atoms with Crippen LogP contribution >= 0.6 is 11.3 Å². The van der Waals surface area contributed by atoms with E-state index in [0.717, 1.165) is 23.7 Å². The molecule has 0 saturated heterocycles. The Morgan fingerprint density at radius 1 is 1.44 bits per heavy atom. The van der Waals surface area contributed by atoms with Crippen molar-refractivity contribution in [2.45, 2.75) is 51.7 Å². The van der Waals surface area contributed by atoms with Crippen LogP contribution in [0.4, 0.5) is 13.2 Å². The number of aryl methyl sites for hydroxylation is 1. The summed E-state index contributed by atoms with van der Waals surface area (Å²) in [6.07, 6.45) is -3.14. The molecular formula is C12H19F3N2S. The second-order valence-electron chi connectivity index (χ2n) is 4.50. The van der Waals surface area contributed by atoms with Crippen LogP contribution in [0.5, 0.6) is 0 Å². The number of halogens is 3. The predicted octanol–water partition coefficient (Wildman–Crippen LogP) is 3.70. The first-order chi connectivity index (χ1) is 8.37. The average molecular weight is 280 g/mol. The summed E-state index contributed by atoms with van der Waals surface area (Å²) in [5, 5.41) is 6.30. The summed E-state index contributed by atoms with van der Waals surface area (Å²) in [4.78, 5) is 4.33. The highest BCUT2D eigenvalue weighted by Crippen LogP contribution is 2.22. The zero-order chi connectivity index (χ0) is 13.6. The molecule has 1 aromatic heterocycles. The number of aromatic nitrogens is 1. The molecule has 1 atom stereocenters. The maximum atomic E-state index is 12.0. The highest BCUT2D eigenvalue weighted by molar-refractivity contribution is 7.09. The number of nitrogens with zero attached hydrogens (tertiary/aromatic N) is 1. The Balaban J connectivity index is 2.08. The lowest BCUT2D eigenvalue weighted by molar-refractivity contribution is -0.135. The molecule has 0 aromatic carbocycles. The number of thiazole rings is 1. The second kappa shape index (κ2) is 7.09. The summed E-state index contributed by atoms with van der Waals surface area (Å²) in [5.41, 5.74) is 1.02. The maximum absolute atomic E-state index is 12.0. The van der Waals surface area contributed by atoms with Crippen LogP contribution in [0.1, 0.15) is 36.9 Å². The minimum Gasteiger partial charge on any atom is -0.314 e. The summed E-state index contributed by atoms with van der Waals surface area (Å²) in [5.74, 6) is 0. The van der Waals surface area contributed by atoms with Crippen LogP contribution in [0.2, 0.25) is 0 Å². The summed E-state index contributed by atoms with van der Waals surface area (Å²) >= 11 is 1.62. The Hall–Kier alpha value is -0.620. The molecule has 1 N–H and O–H groups in total. The molecule has 1 heterocycles. The van der Waals surface area contributed by atoms with Crippen molar-refractivity contribution in [3.63, 3.8) is 0 Å². The van der Waals surface area contributed by atoms with E-state index in [4.69, 9.17) is 0 Å². The van der Waals surface area contributed by atoms with E-state index in [0.29, 0.717) is 6.42 Å². The fraction of sp³-hybridized carbons (Fsp3) is 0.750. The first-order valence-electron chi connectivity index (χ1n) is 6.08. The zero-order valence-corrected chi connectivity index (χ0v) is 11.5. The molecule has 0 aliphatic rings. The van der Waals surface area contributed by atoms with E-state index in [9.17, 15) is 13.2 Å². The highest BCUT2D eigenvalue weighted by Gasteiger charge is 2.26. The first kappa shape index (κ1) is 15.4. The van der Waals surface area contributed by atoms with Gasteiger partial charge in [-0.3, -0.25) is 0 Å². The summed E-state index contributed by atoms with van der Waals surface area (Å²) in [6.45, 7) is 4.64. The molecule has 0 fully saturated rings. The van der Waals surface area contributed by atoms with Gasteiger partial charge in [-0.2, -0.15) is 13.2 Å². The van der Waals surface area contributed by atoms with E-state index >= 15 is 0 Å². The third-order valence-corrected chi connectivity index (χ3v) is 3.62. The van der Waals surface area contributed by atoms with E-state index in [1.807, 2.05) is 19.2 Å². The Labute approximate surface area is 110 Å². The normalized spacial score (nSPS) is 13.8. The molecule has 18 heavy (non-hydrogen) atoms. The lowest BCUT2D eigenvalue weighted by Gasteiger charge is -2.13. The van der Waals surface area contributed by atoms with Gasteiger partial charge < -0.3 is 5.32 Å².